The topological polar surface area (TPSA) is 102 Å². The molecule has 3 aromatic rings. The van der Waals surface area contributed by atoms with Gasteiger partial charge in [0.1, 0.15) is 16.9 Å². The molecule has 0 saturated carbocycles. The molecule has 0 bridgehead atoms. The number of rotatable bonds is 9. The van der Waals surface area contributed by atoms with Gasteiger partial charge in [0, 0.05) is 24.6 Å². The number of ether oxygens (including phenoxy) is 2. The Morgan fingerprint density at radius 1 is 1.24 bits per heavy atom. The van der Waals surface area contributed by atoms with E-state index in [2.05, 4.69) is 15.1 Å². The van der Waals surface area contributed by atoms with Crippen molar-refractivity contribution >= 4 is 34.3 Å². The third-order valence-corrected chi connectivity index (χ3v) is 6.04. The Labute approximate surface area is 226 Å². The van der Waals surface area contributed by atoms with Crippen LogP contribution in [-0.4, -0.2) is 72.0 Å². The minimum Gasteiger partial charge on any atom is -0.486 e. The SMILES string of the molecule is CCc1cc(OC(C)CN(C)C)c(F)c(C(=N/c2ccc(-c3noc(C)n3)cc2)/C(=N/C(=O)OC)SC)c1. The molecule has 1 atom stereocenters. The van der Waals surface area contributed by atoms with Gasteiger partial charge in [0.25, 0.3) is 0 Å². The summed E-state index contributed by atoms with van der Waals surface area (Å²) >= 11 is 1.16. The summed E-state index contributed by atoms with van der Waals surface area (Å²) in [6, 6.07) is 10.5. The van der Waals surface area contributed by atoms with Crippen molar-refractivity contribution in [2.75, 3.05) is 34.0 Å². The lowest BCUT2D eigenvalue weighted by atomic mass is 10.0. The highest BCUT2D eigenvalue weighted by atomic mass is 32.2. The van der Waals surface area contributed by atoms with Crippen LogP contribution in [0.1, 0.15) is 30.9 Å². The van der Waals surface area contributed by atoms with Gasteiger partial charge in [0.15, 0.2) is 11.6 Å². The molecular weight excluding hydrogens is 509 g/mol. The van der Waals surface area contributed by atoms with E-state index in [0.717, 1.165) is 22.9 Å². The molecule has 202 valence electrons. The number of aryl methyl sites for hydroxylation is 2. The van der Waals surface area contributed by atoms with Crippen molar-refractivity contribution in [2.24, 2.45) is 9.98 Å². The molecular formula is C27H32FN5O4S. The zero-order valence-electron chi connectivity index (χ0n) is 22.6. The highest BCUT2D eigenvalue weighted by Gasteiger charge is 2.23. The molecule has 2 aromatic carbocycles. The van der Waals surface area contributed by atoms with Gasteiger partial charge in [0.2, 0.25) is 11.7 Å². The number of aliphatic imine (C=N–C) groups is 2. The van der Waals surface area contributed by atoms with Crippen LogP contribution in [0, 0.1) is 12.7 Å². The average molecular weight is 542 g/mol. The summed E-state index contributed by atoms with van der Waals surface area (Å²) < 4.78 is 31.8. The summed E-state index contributed by atoms with van der Waals surface area (Å²) in [6.07, 6.45) is 1.30. The van der Waals surface area contributed by atoms with Crippen molar-refractivity contribution in [1.82, 2.24) is 15.0 Å². The fraction of sp³-hybridized carbons (Fsp3) is 0.370. The molecule has 38 heavy (non-hydrogen) atoms. The van der Waals surface area contributed by atoms with E-state index in [0.29, 0.717) is 30.4 Å². The van der Waals surface area contributed by atoms with Crippen molar-refractivity contribution in [2.45, 2.75) is 33.3 Å². The van der Waals surface area contributed by atoms with E-state index in [-0.39, 0.29) is 28.2 Å². The van der Waals surface area contributed by atoms with E-state index in [4.69, 9.17) is 19.0 Å². The number of nitrogens with zero attached hydrogens (tertiary/aromatic N) is 5. The third kappa shape index (κ3) is 7.48. The zero-order valence-corrected chi connectivity index (χ0v) is 23.4. The number of likely N-dealkylation sites (N-methyl/N-ethyl adjacent to an activating group) is 1. The number of methoxy groups -OCH3 is 1. The van der Waals surface area contributed by atoms with Crippen LogP contribution >= 0.6 is 11.8 Å². The smallest absolute Gasteiger partial charge is 0.434 e. The van der Waals surface area contributed by atoms with E-state index in [1.807, 2.05) is 32.8 Å². The molecule has 1 heterocycles. The number of hydrogen-bond acceptors (Lipinski definition) is 9. The van der Waals surface area contributed by atoms with Gasteiger partial charge in [0.05, 0.1) is 12.8 Å². The van der Waals surface area contributed by atoms with Crippen molar-refractivity contribution in [1.29, 1.82) is 0 Å². The molecule has 11 heteroatoms. The Morgan fingerprint density at radius 2 is 1.95 bits per heavy atom. The number of carbonyl (C=O) groups is 1. The summed E-state index contributed by atoms with van der Waals surface area (Å²) in [5, 5.41) is 4.13. The van der Waals surface area contributed by atoms with Crippen LogP contribution in [0.15, 0.2) is 50.9 Å². The van der Waals surface area contributed by atoms with Crippen molar-refractivity contribution in [3.8, 4) is 17.1 Å². The quantitative estimate of drug-likeness (QED) is 0.250. The van der Waals surface area contributed by atoms with Gasteiger partial charge < -0.3 is 18.9 Å². The van der Waals surface area contributed by atoms with Crippen molar-refractivity contribution < 1.29 is 23.2 Å². The number of benzene rings is 2. The maximum absolute atomic E-state index is 16.0. The largest absolute Gasteiger partial charge is 0.486 e. The van der Waals surface area contributed by atoms with Gasteiger partial charge in [-0.05, 0) is 75.7 Å². The predicted molar refractivity (Wildman–Crippen MR) is 148 cm³/mol. The predicted octanol–water partition coefficient (Wildman–Crippen LogP) is 5.72. The van der Waals surface area contributed by atoms with Crippen LogP contribution in [-0.2, 0) is 11.2 Å². The number of amides is 1. The molecule has 0 N–H and O–H groups in total. The molecule has 1 amide bonds. The maximum Gasteiger partial charge on any atom is 0.434 e. The summed E-state index contributed by atoms with van der Waals surface area (Å²) in [5.41, 5.74) is 2.46. The standard InChI is InChI=1S/C27H32FN5O4S/c1-8-18-13-21(23(28)22(14-18)36-16(2)15-33(4)5)24(26(38-7)31-27(34)35-6)30-20-11-9-19(10-12-20)25-29-17(3)37-32-25/h9-14,16H,8,15H2,1-7H3/b30-24-,31-26-. The van der Waals surface area contributed by atoms with Crippen molar-refractivity contribution in [3.63, 3.8) is 0 Å². The van der Waals surface area contributed by atoms with Crippen LogP contribution in [0.5, 0.6) is 5.75 Å². The molecule has 0 aliphatic rings. The number of thioether (sulfide) groups is 1. The van der Waals surface area contributed by atoms with E-state index in [9.17, 15) is 4.79 Å². The molecule has 0 aliphatic heterocycles. The first kappa shape index (κ1) is 29.0. The van der Waals surface area contributed by atoms with E-state index in [1.165, 1.54) is 7.11 Å². The molecule has 1 aromatic heterocycles. The first-order valence-corrected chi connectivity index (χ1v) is 13.2. The normalized spacial score (nSPS) is 13.1. The Bertz CT molecular complexity index is 1320. The number of carbonyl (C=O) groups excluding carboxylic acids is 1. The van der Waals surface area contributed by atoms with Gasteiger partial charge in [-0.2, -0.15) is 9.98 Å². The fourth-order valence-electron chi connectivity index (χ4n) is 3.66. The Morgan fingerprint density at radius 3 is 2.50 bits per heavy atom. The Kier molecular flexibility index (Phi) is 10.1. The first-order valence-electron chi connectivity index (χ1n) is 12.0. The van der Waals surface area contributed by atoms with Gasteiger partial charge in [-0.1, -0.05) is 12.1 Å². The average Bonchev–Trinajstić information content (AvgIpc) is 3.33. The molecule has 0 spiro atoms. The second-order valence-electron chi connectivity index (χ2n) is 8.74. The summed E-state index contributed by atoms with van der Waals surface area (Å²) in [6.45, 7) is 6.17. The van der Waals surface area contributed by atoms with Crippen molar-refractivity contribution in [3.05, 3.63) is 59.2 Å². The zero-order chi connectivity index (χ0) is 27.8. The lowest BCUT2D eigenvalue weighted by molar-refractivity contribution is 0.170. The van der Waals surface area contributed by atoms with E-state index < -0.39 is 11.9 Å². The van der Waals surface area contributed by atoms with Gasteiger partial charge in [-0.25, -0.2) is 14.2 Å². The Balaban J connectivity index is 2.15. The van der Waals surface area contributed by atoms with Gasteiger partial charge >= 0.3 is 6.09 Å². The van der Waals surface area contributed by atoms with E-state index >= 15 is 4.39 Å². The maximum atomic E-state index is 16.0. The van der Waals surface area contributed by atoms with Crippen LogP contribution in [0.25, 0.3) is 11.4 Å². The summed E-state index contributed by atoms with van der Waals surface area (Å²) in [7, 11) is 5.08. The van der Waals surface area contributed by atoms with Gasteiger partial charge in [-0.15, -0.1) is 11.8 Å². The minimum atomic E-state index is -0.812. The Hall–Kier alpha value is -3.57. The summed E-state index contributed by atoms with van der Waals surface area (Å²) in [5.74, 6) is 0.433. The molecule has 9 nitrogen and oxygen atoms in total. The van der Waals surface area contributed by atoms with Gasteiger partial charge in [-0.3, -0.25) is 0 Å². The lowest BCUT2D eigenvalue weighted by Gasteiger charge is -2.21. The van der Waals surface area contributed by atoms with Crippen LogP contribution < -0.4 is 4.74 Å². The lowest BCUT2D eigenvalue weighted by Crippen LogP contribution is -2.28. The second kappa shape index (κ2) is 13.3. The van der Waals surface area contributed by atoms with E-state index in [1.54, 1.807) is 49.6 Å². The second-order valence-corrected chi connectivity index (χ2v) is 9.53. The molecule has 1 unspecified atom stereocenters. The molecule has 0 fully saturated rings. The molecule has 0 aliphatic carbocycles. The summed E-state index contributed by atoms with van der Waals surface area (Å²) in [4.78, 5) is 27.0. The number of hydrogen-bond donors (Lipinski definition) is 0. The number of halogens is 1. The minimum absolute atomic E-state index is 0.114. The third-order valence-electron chi connectivity index (χ3n) is 5.37. The molecule has 0 saturated heterocycles. The molecule has 3 rings (SSSR count). The first-order chi connectivity index (χ1) is 18.1. The van der Waals surface area contributed by atoms with Crippen LogP contribution in [0.3, 0.4) is 0 Å². The van der Waals surface area contributed by atoms with Crippen LogP contribution in [0.2, 0.25) is 0 Å². The monoisotopic (exact) mass is 541 g/mol. The molecule has 0 radical (unpaired) electrons. The highest BCUT2D eigenvalue weighted by molar-refractivity contribution is 8.15. The number of aromatic nitrogens is 2. The fourth-order valence-corrected chi connectivity index (χ4v) is 4.18. The van der Waals surface area contributed by atoms with Crippen LogP contribution in [0.4, 0.5) is 14.9 Å². The highest BCUT2D eigenvalue weighted by Crippen LogP contribution is 2.29.